The summed E-state index contributed by atoms with van der Waals surface area (Å²) in [5.41, 5.74) is 3.54. The molecule has 0 bridgehead atoms. The molecule has 0 saturated heterocycles. The van der Waals surface area contributed by atoms with Crippen LogP contribution in [-0.4, -0.2) is 17.3 Å². The molecule has 0 unspecified atom stereocenters. The molecule has 4 heteroatoms. The van der Waals surface area contributed by atoms with Crippen molar-refractivity contribution in [2.24, 2.45) is 0 Å². The molecule has 1 aliphatic heterocycles. The van der Waals surface area contributed by atoms with Crippen molar-refractivity contribution in [2.75, 3.05) is 7.11 Å². The standard InChI is InChI=1S/C18H20O4/c1-10-16(20)14-8-9-15(12-4-6-13(19)7-5-12)22-18(14)11(2)17(10)21-3/h4-7,15,19-20H,8-9H2,1-3H3/t15-/m0/s1. The lowest BCUT2D eigenvalue weighted by atomic mass is 9.92. The van der Waals surface area contributed by atoms with E-state index in [1.807, 2.05) is 26.0 Å². The number of phenols is 2. The Morgan fingerprint density at radius 2 is 1.77 bits per heavy atom. The fourth-order valence-electron chi connectivity index (χ4n) is 3.15. The Balaban J connectivity index is 2.02. The van der Waals surface area contributed by atoms with E-state index in [9.17, 15) is 10.2 Å². The third kappa shape index (κ3) is 2.25. The highest BCUT2D eigenvalue weighted by molar-refractivity contribution is 5.62. The third-order valence-corrected chi connectivity index (χ3v) is 4.32. The average molecular weight is 300 g/mol. The first-order chi connectivity index (χ1) is 10.5. The first-order valence-corrected chi connectivity index (χ1v) is 7.37. The van der Waals surface area contributed by atoms with Crippen LogP contribution in [0.1, 0.15) is 34.8 Å². The number of benzene rings is 2. The van der Waals surface area contributed by atoms with E-state index in [4.69, 9.17) is 9.47 Å². The van der Waals surface area contributed by atoms with Gasteiger partial charge in [-0.1, -0.05) is 12.1 Å². The van der Waals surface area contributed by atoms with Crippen LogP contribution >= 0.6 is 0 Å². The fraction of sp³-hybridized carbons (Fsp3) is 0.333. The van der Waals surface area contributed by atoms with Crippen molar-refractivity contribution in [3.05, 3.63) is 46.5 Å². The topological polar surface area (TPSA) is 58.9 Å². The van der Waals surface area contributed by atoms with E-state index < -0.39 is 0 Å². The van der Waals surface area contributed by atoms with Crippen LogP contribution in [-0.2, 0) is 6.42 Å². The van der Waals surface area contributed by atoms with Gasteiger partial charge >= 0.3 is 0 Å². The van der Waals surface area contributed by atoms with Crippen molar-refractivity contribution in [3.63, 3.8) is 0 Å². The summed E-state index contributed by atoms with van der Waals surface area (Å²) < 4.78 is 11.6. The van der Waals surface area contributed by atoms with Gasteiger partial charge in [0.25, 0.3) is 0 Å². The van der Waals surface area contributed by atoms with Crippen LogP contribution in [0.5, 0.6) is 23.0 Å². The second-order valence-corrected chi connectivity index (χ2v) is 5.68. The maximum Gasteiger partial charge on any atom is 0.133 e. The number of fused-ring (bicyclic) bond motifs is 1. The summed E-state index contributed by atoms with van der Waals surface area (Å²) in [6.07, 6.45) is 1.45. The third-order valence-electron chi connectivity index (χ3n) is 4.32. The SMILES string of the molecule is COc1c(C)c(O)c2c(c1C)O[C@H](c1ccc(O)cc1)CC2. The Hall–Kier alpha value is -2.36. The van der Waals surface area contributed by atoms with Gasteiger partial charge in [0.15, 0.2) is 0 Å². The Labute approximate surface area is 129 Å². The van der Waals surface area contributed by atoms with Gasteiger partial charge in [-0.25, -0.2) is 0 Å². The molecule has 116 valence electrons. The Morgan fingerprint density at radius 1 is 1.09 bits per heavy atom. The van der Waals surface area contributed by atoms with E-state index in [0.29, 0.717) is 11.5 Å². The molecule has 4 nitrogen and oxygen atoms in total. The molecule has 1 atom stereocenters. The molecule has 2 N–H and O–H groups in total. The Kier molecular flexibility index (Phi) is 3.61. The lowest BCUT2D eigenvalue weighted by Gasteiger charge is -2.30. The number of hydrogen-bond donors (Lipinski definition) is 2. The number of phenolic OH excluding ortho intramolecular Hbond substituents is 2. The summed E-state index contributed by atoms with van der Waals surface area (Å²) in [4.78, 5) is 0. The quantitative estimate of drug-likeness (QED) is 0.886. The normalized spacial score (nSPS) is 16.8. The highest BCUT2D eigenvalue weighted by Crippen LogP contribution is 2.47. The number of rotatable bonds is 2. The maximum absolute atomic E-state index is 10.4. The van der Waals surface area contributed by atoms with Gasteiger partial charge in [0, 0.05) is 16.7 Å². The molecule has 2 aromatic carbocycles. The summed E-state index contributed by atoms with van der Waals surface area (Å²) in [6, 6.07) is 7.06. The van der Waals surface area contributed by atoms with Crippen LogP contribution in [0.25, 0.3) is 0 Å². The van der Waals surface area contributed by atoms with E-state index in [0.717, 1.165) is 35.1 Å². The minimum Gasteiger partial charge on any atom is -0.508 e. The van der Waals surface area contributed by atoms with E-state index >= 15 is 0 Å². The van der Waals surface area contributed by atoms with Crippen molar-refractivity contribution in [1.82, 2.24) is 0 Å². The lowest BCUT2D eigenvalue weighted by molar-refractivity contribution is 0.172. The van der Waals surface area contributed by atoms with Gasteiger partial charge in [0.2, 0.25) is 0 Å². The molecule has 0 fully saturated rings. The van der Waals surface area contributed by atoms with Crippen molar-refractivity contribution >= 4 is 0 Å². The van der Waals surface area contributed by atoms with Gasteiger partial charge in [0.1, 0.15) is 29.1 Å². The summed E-state index contributed by atoms with van der Waals surface area (Å²) in [7, 11) is 1.60. The highest BCUT2D eigenvalue weighted by Gasteiger charge is 2.28. The van der Waals surface area contributed by atoms with Crippen molar-refractivity contribution < 1.29 is 19.7 Å². The highest BCUT2D eigenvalue weighted by atomic mass is 16.5. The predicted octanol–water partition coefficient (Wildman–Crippen LogP) is 3.79. The molecule has 22 heavy (non-hydrogen) atoms. The van der Waals surface area contributed by atoms with Gasteiger partial charge in [-0.3, -0.25) is 0 Å². The summed E-state index contributed by atoms with van der Waals surface area (Å²) in [5, 5.41) is 19.8. The van der Waals surface area contributed by atoms with E-state index in [-0.39, 0.29) is 17.6 Å². The van der Waals surface area contributed by atoms with Gasteiger partial charge in [-0.2, -0.15) is 0 Å². The van der Waals surface area contributed by atoms with Crippen LogP contribution in [0.4, 0.5) is 0 Å². The molecule has 0 radical (unpaired) electrons. The zero-order valence-corrected chi connectivity index (χ0v) is 13.0. The number of methoxy groups -OCH3 is 1. The molecule has 0 amide bonds. The average Bonchev–Trinajstić information content (AvgIpc) is 2.53. The molecule has 1 heterocycles. The molecular weight excluding hydrogens is 280 g/mol. The minimum atomic E-state index is -0.0846. The molecular formula is C18H20O4. The van der Waals surface area contributed by atoms with Crippen LogP contribution in [0, 0.1) is 13.8 Å². The molecule has 0 aliphatic carbocycles. The van der Waals surface area contributed by atoms with Crippen LogP contribution in [0.2, 0.25) is 0 Å². The van der Waals surface area contributed by atoms with Gasteiger partial charge < -0.3 is 19.7 Å². The van der Waals surface area contributed by atoms with Crippen LogP contribution < -0.4 is 9.47 Å². The van der Waals surface area contributed by atoms with E-state index in [2.05, 4.69) is 0 Å². The lowest BCUT2D eigenvalue weighted by Crippen LogP contribution is -2.17. The van der Waals surface area contributed by atoms with E-state index in [1.54, 1.807) is 19.2 Å². The van der Waals surface area contributed by atoms with Crippen molar-refractivity contribution in [2.45, 2.75) is 32.8 Å². The number of hydrogen-bond acceptors (Lipinski definition) is 4. The first-order valence-electron chi connectivity index (χ1n) is 7.37. The zero-order chi connectivity index (χ0) is 15.9. The smallest absolute Gasteiger partial charge is 0.133 e. The molecule has 0 saturated carbocycles. The second kappa shape index (κ2) is 5.44. The molecule has 2 aromatic rings. The Bertz CT molecular complexity index is 704. The van der Waals surface area contributed by atoms with Gasteiger partial charge in [0.05, 0.1) is 7.11 Å². The van der Waals surface area contributed by atoms with Gasteiger partial charge in [-0.15, -0.1) is 0 Å². The maximum atomic E-state index is 10.4. The summed E-state index contributed by atoms with van der Waals surface area (Å²) >= 11 is 0. The summed E-state index contributed by atoms with van der Waals surface area (Å²) in [5.74, 6) is 1.89. The first kappa shape index (κ1) is 14.6. The summed E-state index contributed by atoms with van der Waals surface area (Å²) in [6.45, 7) is 3.80. The second-order valence-electron chi connectivity index (χ2n) is 5.68. The fourth-order valence-corrected chi connectivity index (χ4v) is 3.15. The number of ether oxygens (including phenoxy) is 2. The Morgan fingerprint density at radius 3 is 2.41 bits per heavy atom. The minimum absolute atomic E-state index is 0.0846. The largest absolute Gasteiger partial charge is 0.508 e. The van der Waals surface area contributed by atoms with Crippen LogP contribution in [0.15, 0.2) is 24.3 Å². The monoisotopic (exact) mass is 300 g/mol. The molecule has 1 aliphatic rings. The van der Waals surface area contributed by atoms with Crippen LogP contribution in [0.3, 0.4) is 0 Å². The van der Waals surface area contributed by atoms with Gasteiger partial charge in [-0.05, 0) is 44.4 Å². The molecule has 0 aromatic heterocycles. The predicted molar refractivity (Wildman–Crippen MR) is 83.9 cm³/mol. The van der Waals surface area contributed by atoms with Crippen molar-refractivity contribution in [3.8, 4) is 23.0 Å². The molecule has 3 rings (SSSR count). The number of aromatic hydroxyl groups is 2. The van der Waals surface area contributed by atoms with Crippen molar-refractivity contribution in [1.29, 1.82) is 0 Å². The molecule has 0 spiro atoms. The van der Waals surface area contributed by atoms with E-state index in [1.165, 1.54) is 0 Å². The zero-order valence-electron chi connectivity index (χ0n) is 13.0.